The summed E-state index contributed by atoms with van der Waals surface area (Å²) >= 11 is 0. The van der Waals surface area contributed by atoms with Crippen molar-refractivity contribution in [2.75, 3.05) is 39.6 Å². The Morgan fingerprint density at radius 2 is 0.472 bits per heavy atom. The fourth-order valence-electron chi connectivity index (χ4n) is 13.8. The highest BCUT2D eigenvalue weighted by atomic mass is 31.2. The van der Waals surface area contributed by atoms with Gasteiger partial charge in [0.15, 0.2) is 12.2 Å². The highest BCUT2D eigenvalue weighted by Crippen LogP contribution is 2.45. The van der Waals surface area contributed by atoms with Crippen LogP contribution >= 0.6 is 15.6 Å². The molecule has 17 nitrogen and oxygen atoms in total. The lowest BCUT2D eigenvalue weighted by molar-refractivity contribution is -0.161. The minimum atomic E-state index is -4.97. The monoisotopic (exact) mass is 1580 g/mol. The zero-order valence-corrected chi connectivity index (χ0v) is 73.1. The van der Waals surface area contributed by atoms with E-state index in [2.05, 4.69) is 48.5 Å². The van der Waals surface area contributed by atoms with Crippen LogP contribution in [0.25, 0.3) is 0 Å². The third kappa shape index (κ3) is 79.3. The van der Waals surface area contributed by atoms with Crippen LogP contribution in [0.2, 0.25) is 0 Å². The van der Waals surface area contributed by atoms with Crippen LogP contribution in [0, 0.1) is 17.8 Å². The van der Waals surface area contributed by atoms with Gasteiger partial charge in [0, 0.05) is 25.7 Å². The van der Waals surface area contributed by atoms with Crippen LogP contribution < -0.4 is 0 Å². The van der Waals surface area contributed by atoms with Crippen molar-refractivity contribution in [1.29, 1.82) is 0 Å². The van der Waals surface area contributed by atoms with E-state index in [0.29, 0.717) is 25.7 Å². The Morgan fingerprint density at radius 1 is 0.269 bits per heavy atom. The summed E-state index contributed by atoms with van der Waals surface area (Å²) in [4.78, 5) is 73.4. The first kappa shape index (κ1) is 106. The molecule has 0 aliphatic rings. The number of hydrogen-bond acceptors (Lipinski definition) is 15. The minimum absolute atomic E-state index is 0.108. The predicted octanol–water partition coefficient (Wildman–Crippen LogP) is 27.3. The maximum Gasteiger partial charge on any atom is 0.472 e. The summed E-state index contributed by atoms with van der Waals surface area (Å²) in [7, 11) is -9.93. The molecule has 4 unspecified atom stereocenters. The van der Waals surface area contributed by atoms with Gasteiger partial charge in [0.05, 0.1) is 26.4 Å². The van der Waals surface area contributed by atoms with E-state index in [4.69, 9.17) is 37.0 Å². The van der Waals surface area contributed by atoms with Gasteiger partial charge in [-0.2, -0.15) is 0 Å². The molecule has 7 atom stereocenters. The zero-order valence-electron chi connectivity index (χ0n) is 71.3. The van der Waals surface area contributed by atoms with E-state index in [1.165, 1.54) is 283 Å². The van der Waals surface area contributed by atoms with E-state index in [0.717, 1.165) is 108 Å². The van der Waals surface area contributed by atoms with Crippen LogP contribution in [0.15, 0.2) is 0 Å². The molecule has 0 heterocycles. The molecule has 0 radical (unpaired) electrons. The van der Waals surface area contributed by atoms with Crippen molar-refractivity contribution in [2.24, 2.45) is 17.8 Å². The number of carbonyl (C=O) groups is 4. The molecular weight excluding hydrogens is 1400 g/mol. The number of esters is 4. The molecule has 0 aliphatic heterocycles. The number of aliphatic hydroxyl groups excluding tert-OH is 1. The van der Waals surface area contributed by atoms with Crippen LogP contribution in [0.5, 0.6) is 0 Å². The summed E-state index contributed by atoms with van der Waals surface area (Å²) in [6, 6.07) is 0. The molecule has 0 amide bonds. The fraction of sp³-hybridized carbons (Fsp3) is 0.955. The Labute approximate surface area is 664 Å². The number of carbonyl (C=O) groups excluding carboxylic acids is 4. The third-order valence-corrected chi connectivity index (χ3v) is 23.5. The number of unbranched alkanes of at least 4 members (excludes halogenated alkanes) is 53. The Kier molecular flexibility index (Phi) is 77.5. The second-order valence-electron chi connectivity index (χ2n) is 32.9. The summed E-state index contributed by atoms with van der Waals surface area (Å²) in [5.74, 6) is 0.348. The molecule has 0 fully saturated rings. The van der Waals surface area contributed by atoms with E-state index in [1.807, 2.05) is 0 Å². The maximum absolute atomic E-state index is 13.2. The molecule has 0 aromatic rings. The van der Waals surface area contributed by atoms with Crippen molar-refractivity contribution in [2.45, 2.75) is 491 Å². The van der Waals surface area contributed by atoms with Crippen LogP contribution in [0.3, 0.4) is 0 Å². The minimum Gasteiger partial charge on any atom is -0.462 e. The number of phosphoric ester groups is 2. The lowest BCUT2D eigenvalue weighted by Gasteiger charge is -2.21. The second kappa shape index (κ2) is 78.9. The van der Waals surface area contributed by atoms with Gasteiger partial charge in [-0.15, -0.1) is 0 Å². The van der Waals surface area contributed by atoms with Crippen molar-refractivity contribution >= 4 is 39.5 Å². The number of aliphatic hydroxyl groups is 1. The largest absolute Gasteiger partial charge is 0.472 e. The molecule has 108 heavy (non-hydrogen) atoms. The number of hydrogen-bond donors (Lipinski definition) is 3. The zero-order chi connectivity index (χ0) is 79.3. The van der Waals surface area contributed by atoms with Crippen molar-refractivity contribution in [3.8, 4) is 0 Å². The molecule has 0 rings (SSSR count). The molecule has 0 bridgehead atoms. The smallest absolute Gasteiger partial charge is 0.462 e. The summed E-state index contributed by atoms with van der Waals surface area (Å²) in [6.07, 6.45) is 70.7. The molecule has 3 N–H and O–H groups in total. The summed E-state index contributed by atoms with van der Waals surface area (Å²) in [6.45, 7) is 12.1. The van der Waals surface area contributed by atoms with E-state index in [-0.39, 0.29) is 25.7 Å². The molecule has 0 saturated heterocycles. The second-order valence-corrected chi connectivity index (χ2v) is 35.9. The van der Waals surface area contributed by atoms with E-state index >= 15 is 0 Å². The normalized spacial score (nSPS) is 14.3. The molecule has 0 spiro atoms. The van der Waals surface area contributed by atoms with E-state index in [9.17, 15) is 43.2 Å². The van der Waals surface area contributed by atoms with Crippen molar-refractivity contribution < 1.29 is 80.2 Å². The summed E-state index contributed by atoms with van der Waals surface area (Å²) < 4.78 is 69.0. The van der Waals surface area contributed by atoms with Gasteiger partial charge in [0.1, 0.15) is 19.3 Å². The van der Waals surface area contributed by atoms with E-state index in [1.54, 1.807) is 0 Å². The maximum atomic E-state index is 13.2. The van der Waals surface area contributed by atoms with Gasteiger partial charge in [-0.3, -0.25) is 37.3 Å². The van der Waals surface area contributed by atoms with Gasteiger partial charge in [0.25, 0.3) is 0 Å². The Hall–Kier alpha value is -1.94. The Morgan fingerprint density at radius 3 is 0.704 bits per heavy atom. The van der Waals surface area contributed by atoms with Gasteiger partial charge in [-0.25, -0.2) is 9.13 Å². The molecule has 0 saturated carbocycles. The number of phosphoric acid groups is 2. The van der Waals surface area contributed by atoms with Gasteiger partial charge in [-0.05, 0) is 43.4 Å². The number of rotatable bonds is 87. The lowest BCUT2D eigenvalue weighted by atomic mass is 9.99. The van der Waals surface area contributed by atoms with E-state index < -0.39 is 97.5 Å². The van der Waals surface area contributed by atoms with Crippen molar-refractivity contribution in [1.82, 2.24) is 0 Å². The molecule has 0 aromatic carbocycles. The van der Waals surface area contributed by atoms with Crippen LogP contribution in [0.1, 0.15) is 472 Å². The van der Waals surface area contributed by atoms with Crippen LogP contribution in [-0.2, 0) is 65.4 Å². The van der Waals surface area contributed by atoms with Gasteiger partial charge in [-0.1, -0.05) is 421 Å². The quantitative estimate of drug-likeness (QED) is 0.0222. The molecular formula is C89H174O17P2. The molecule has 0 aromatic heterocycles. The van der Waals surface area contributed by atoms with Crippen LogP contribution in [-0.4, -0.2) is 96.7 Å². The first-order valence-electron chi connectivity index (χ1n) is 45.9. The third-order valence-electron chi connectivity index (χ3n) is 21.6. The average Bonchev–Trinajstić information content (AvgIpc) is 0.904. The first-order valence-corrected chi connectivity index (χ1v) is 48.9. The SMILES string of the molecule is CCCCCCCCCCCCCCCCCCCC(=O)O[C@H](COC(=O)CCCCCCCCCCC(C)CC)COP(=O)(O)OC[C@H](O)COP(=O)(O)OC[C@@H](COC(=O)CCCCCCCCCCCCCCCCC(C)CC)OC(=O)CCCCCCCCCCCCCCCCCCCCC(C)C. The Bertz CT molecular complexity index is 2080. The van der Waals surface area contributed by atoms with Gasteiger partial charge in [0.2, 0.25) is 0 Å². The van der Waals surface area contributed by atoms with Crippen molar-refractivity contribution in [3.05, 3.63) is 0 Å². The van der Waals surface area contributed by atoms with Crippen LogP contribution in [0.4, 0.5) is 0 Å². The average molecular weight is 1580 g/mol. The Balaban J connectivity index is 5.26. The first-order chi connectivity index (χ1) is 52.3. The molecule has 642 valence electrons. The summed E-state index contributed by atoms with van der Waals surface area (Å²) in [5.41, 5.74) is 0. The summed E-state index contributed by atoms with van der Waals surface area (Å²) in [5, 5.41) is 10.7. The number of ether oxygens (including phenoxy) is 4. The lowest BCUT2D eigenvalue weighted by Crippen LogP contribution is -2.30. The predicted molar refractivity (Wildman–Crippen MR) is 446 cm³/mol. The molecule has 0 aliphatic carbocycles. The highest BCUT2D eigenvalue weighted by Gasteiger charge is 2.31. The van der Waals surface area contributed by atoms with Gasteiger partial charge >= 0.3 is 39.5 Å². The van der Waals surface area contributed by atoms with Gasteiger partial charge < -0.3 is 33.8 Å². The van der Waals surface area contributed by atoms with Crippen molar-refractivity contribution in [3.63, 3.8) is 0 Å². The fourth-order valence-corrected chi connectivity index (χ4v) is 15.4. The highest BCUT2D eigenvalue weighted by molar-refractivity contribution is 7.47. The standard InChI is InChI=1S/C89H174O17P2/c1-8-11-12-13-14-15-16-17-18-21-25-32-37-42-51-58-65-73-89(94)106-85(77-100-87(92)71-64-57-50-45-44-48-55-62-69-82(7)10-3)79-104-108(97,98)102-75-83(90)74-101-107(95,96)103-78-84(76-99-86(91)70-63-56-49-41-36-31-28-27-30-35-40-47-54-61-68-81(6)9-2)105-88(93)72-66-59-52-43-38-33-26-23-20-19-22-24-29-34-39-46-53-60-67-80(4)5/h80-85,90H,8-79H2,1-7H3,(H,95,96)(H,97,98)/t81?,82?,83-,84-,85-/m1/s1. The topological polar surface area (TPSA) is 237 Å². The molecule has 19 heteroatoms.